The van der Waals surface area contributed by atoms with E-state index in [2.05, 4.69) is 17.6 Å². The Balaban J connectivity index is 1.48. The van der Waals surface area contributed by atoms with Crippen LogP contribution in [0, 0.1) is 12.3 Å². The van der Waals surface area contributed by atoms with Crippen LogP contribution in [-0.2, 0) is 35.3 Å². The lowest BCUT2D eigenvalue weighted by Gasteiger charge is -2.54. The van der Waals surface area contributed by atoms with Crippen LogP contribution in [0.3, 0.4) is 0 Å². The highest BCUT2D eigenvalue weighted by Gasteiger charge is 2.59. The summed E-state index contributed by atoms with van der Waals surface area (Å²) >= 11 is 0. The SMILES string of the molecule is CCC[C@@H](NC(=O)CN1C(=O)C(CC)(CC)[C@@H]1OCC(=O)N(CC)CCNCCC(=O)OCc1ccccc1)c1ccc(C)cc1. The molecule has 3 rings (SSSR count). The zero-order valence-electron chi connectivity index (χ0n) is 28.2. The lowest BCUT2D eigenvalue weighted by Crippen LogP contribution is -2.71. The number of ether oxygens (including phenoxy) is 2. The minimum Gasteiger partial charge on any atom is -0.461 e. The van der Waals surface area contributed by atoms with Gasteiger partial charge in [-0.25, -0.2) is 0 Å². The number of aryl methyl sites for hydroxylation is 1. The number of nitrogens with zero attached hydrogens (tertiary/aromatic N) is 2. The first kappa shape index (κ1) is 36.7. The first-order valence-corrected chi connectivity index (χ1v) is 16.7. The fraction of sp³-hybridized carbons (Fsp3) is 0.556. The zero-order valence-corrected chi connectivity index (χ0v) is 28.2. The third-order valence-electron chi connectivity index (χ3n) is 8.82. The minimum absolute atomic E-state index is 0.119. The highest BCUT2D eigenvalue weighted by atomic mass is 16.5. The number of esters is 1. The van der Waals surface area contributed by atoms with E-state index in [9.17, 15) is 19.2 Å². The summed E-state index contributed by atoms with van der Waals surface area (Å²) in [4.78, 5) is 54.8. The van der Waals surface area contributed by atoms with Crippen LogP contribution in [0.2, 0.25) is 0 Å². The monoisotopic (exact) mass is 636 g/mol. The highest BCUT2D eigenvalue weighted by molar-refractivity contribution is 5.93. The number of carbonyl (C=O) groups is 4. The molecule has 0 aromatic heterocycles. The minimum atomic E-state index is -0.756. The second kappa shape index (κ2) is 18.4. The molecule has 0 unspecified atom stereocenters. The number of carbonyl (C=O) groups excluding carboxylic acids is 4. The Kier molecular flexibility index (Phi) is 14.7. The van der Waals surface area contributed by atoms with Gasteiger partial charge in [-0.1, -0.05) is 87.4 Å². The van der Waals surface area contributed by atoms with E-state index in [4.69, 9.17) is 9.47 Å². The number of hydrogen-bond donors (Lipinski definition) is 2. The summed E-state index contributed by atoms with van der Waals surface area (Å²) in [5, 5.41) is 6.30. The molecule has 10 nitrogen and oxygen atoms in total. The van der Waals surface area contributed by atoms with Crippen molar-refractivity contribution in [3.63, 3.8) is 0 Å². The largest absolute Gasteiger partial charge is 0.461 e. The van der Waals surface area contributed by atoms with Crippen molar-refractivity contribution in [2.75, 3.05) is 39.3 Å². The normalized spacial score (nSPS) is 16.0. The predicted octanol–water partition coefficient (Wildman–Crippen LogP) is 4.52. The molecule has 1 heterocycles. The molecule has 2 N–H and O–H groups in total. The van der Waals surface area contributed by atoms with Crippen molar-refractivity contribution < 1.29 is 28.7 Å². The van der Waals surface area contributed by atoms with E-state index in [1.165, 1.54) is 4.90 Å². The number of β-lactam (4-membered cyclic amide) rings is 1. The van der Waals surface area contributed by atoms with Crippen LogP contribution in [0.1, 0.15) is 82.5 Å². The molecule has 0 saturated carbocycles. The number of hydrogen-bond acceptors (Lipinski definition) is 7. The maximum absolute atomic E-state index is 13.3. The Bertz CT molecular complexity index is 1270. The first-order chi connectivity index (χ1) is 22.2. The Hall–Kier alpha value is -3.76. The topological polar surface area (TPSA) is 117 Å². The summed E-state index contributed by atoms with van der Waals surface area (Å²) in [5.41, 5.74) is 2.36. The Labute approximate surface area is 274 Å². The van der Waals surface area contributed by atoms with E-state index >= 15 is 0 Å². The Morgan fingerprint density at radius 2 is 1.67 bits per heavy atom. The maximum atomic E-state index is 13.3. The van der Waals surface area contributed by atoms with E-state index in [1.54, 1.807) is 4.90 Å². The molecule has 1 fully saturated rings. The van der Waals surface area contributed by atoms with Gasteiger partial charge in [-0.3, -0.25) is 19.2 Å². The molecule has 46 heavy (non-hydrogen) atoms. The molecule has 2 aromatic rings. The molecule has 0 aliphatic carbocycles. The van der Waals surface area contributed by atoms with Gasteiger partial charge in [-0.2, -0.15) is 0 Å². The second-order valence-corrected chi connectivity index (χ2v) is 11.9. The molecular weight excluding hydrogens is 584 g/mol. The van der Waals surface area contributed by atoms with Gasteiger partial charge in [-0.05, 0) is 44.2 Å². The van der Waals surface area contributed by atoms with Crippen molar-refractivity contribution in [3.8, 4) is 0 Å². The molecule has 3 amide bonds. The van der Waals surface area contributed by atoms with E-state index < -0.39 is 11.6 Å². The quantitative estimate of drug-likeness (QED) is 0.125. The van der Waals surface area contributed by atoms with Crippen LogP contribution in [0.15, 0.2) is 54.6 Å². The Morgan fingerprint density at radius 3 is 2.30 bits per heavy atom. The molecule has 0 bridgehead atoms. The lowest BCUT2D eigenvalue weighted by molar-refractivity contribution is -0.224. The van der Waals surface area contributed by atoms with Gasteiger partial charge in [0.2, 0.25) is 17.7 Å². The molecule has 1 saturated heterocycles. The smallest absolute Gasteiger partial charge is 0.307 e. The number of rotatable bonds is 20. The predicted molar refractivity (Wildman–Crippen MR) is 177 cm³/mol. The number of amides is 3. The summed E-state index contributed by atoms with van der Waals surface area (Å²) in [7, 11) is 0. The number of likely N-dealkylation sites (N-methyl/N-ethyl adjacent to an activating group) is 1. The summed E-state index contributed by atoms with van der Waals surface area (Å²) < 4.78 is 11.4. The van der Waals surface area contributed by atoms with Gasteiger partial charge in [0.15, 0.2) is 0 Å². The zero-order chi connectivity index (χ0) is 33.5. The van der Waals surface area contributed by atoms with Crippen molar-refractivity contribution in [2.24, 2.45) is 5.41 Å². The van der Waals surface area contributed by atoms with Gasteiger partial charge in [0.1, 0.15) is 26.0 Å². The van der Waals surface area contributed by atoms with Crippen molar-refractivity contribution in [2.45, 2.75) is 85.6 Å². The van der Waals surface area contributed by atoms with Gasteiger partial charge in [-0.15, -0.1) is 0 Å². The Morgan fingerprint density at radius 1 is 0.978 bits per heavy atom. The summed E-state index contributed by atoms with van der Waals surface area (Å²) in [5.74, 6) is -0.851. The maximum Gasteiger partial charge on any atom is 0.307 e. The number of likely N-dealkylation sites (tertiary alicyclic amines) is 1. The van der Waals surface area contributed by atoms with Gasteiger partial charge in [0, 0.05) is 26.2 Å². The average molecular weight is 637 g/mol. The molecule has 2 atom stereocenters. The summed E-state index contributed by atoms with van der Waals surface area (Å²) in [6.45, 7) is 11.7. The van der Waals surface area contributed by atoms with Crippen molar-refractivity contribution in [1.29, 1.82) is 0 Å². The van der Waals surface area contributed by atoms with Gasteiger partial charge in [0.05, 0.1) is 17.9 Å². The average Bonchev–Trinajstić information content (AvgIpc) is 3.06. The molecule has 0 spiro atoms. The first-order valence-electron chi connectivity index (χ1n) is 16.7. The standard InChI is InChI=1S/C36H52N4O6/c1-6-13-30(29-18-16-27(5)17-19-29)38-31(41)24-40-34(44)36(7-2,8-3)35(40)46-26-32(42)39(9-4)23-22-37-21-20-33(43)45-25-28-14-11-10-12-15-28/h10-12,14-19,30,35,37H,6-9,13,20-26H2,1-5H3,(H,38,41)/t30-,35+/m1/s1. The van der Waals surface area contributed by atoms with Gasteiger partial charge < -0.3 is 29.9 Å². The second-order valence-electron chi connectivity index (χ2n) is 11.9. The van der Waals surface area contributed by atoms with E-state index in [0.29, 0.717) is 39.0 Å². The highest BCUT2D eigenvalue weighted by Crippen LogP contribution is 2.45. The van der Waals surface area contributed by atoms with Crippen LogP contribution >= 0.6 is 0 Å². The summed E-state index contributed by atoms with van der Waals surface area (Å²) in [6.07, 6.45) is 2.36. The number of nitrogens with one attached hydrogen (secondary N) is 2. The van der Waals surface area contributed by atoms with Crippen LogP contribution in [-0.4, -0.2) is 79.0 Å². The van der Waals surface area contributed by atoms with Crippen molar-refractivity contribution >= 4 is 23.7 Å². The van der Waals surface area contributed by atoms with Gasteiger partial charge >= 0.3 is 5.97 Å². The summed E-state index contributed by atoms with van der Waals surface area (Å²) in [6, 6.07) is 17.5. The fourth-order valence-electron chi connectivity index (χ4n) is 5.88. The van der Waals surface area contributed by atoms with E-state index in [0.717, 1.165) is 29.5 Å². The molecule has 1 aliphatic heterocycles. The van der Waals surface area contributed by atoms with Crippen LogP contribution < -0.4 is 10.6 Å². The molecule has 1 aliphatic rings. The van der Waals surface area contributed by atoms with E-state index in [1.807, 2.05) is 82.3 Å². The molecule has 0 radical (unpaired) electrons. The van der Waals surface area contributed by atoms with Crippen LogP contribution in [0.4, 0.5) is 0 Å². The van der Waals surface area contributed by atoms with Gasteiger partial charge in [0.25, 0.3) is 0 Å². The van der Waals surface area contributed by atoms with Crippen LogP contribution in [0.5, 0.6) is 0 Å². The van der Waals surface area contributed by atoms with Crippen LogP contribution in [0.25, 0.3) is 0 Å². The van der Waals surface area contributed by atoms with E-state index in [-0.39, 0.29) is 55.9 Å². The lowest BCUT2D eigenvalue weighted by atomic mass is 9.71. The molecular formula is C36H52N4O6. The molecule has 10 heteroatoms. The fourth-order valence-corrected chi connectivity index (χ4v) is 5.88. The number of benzene rings is 2. The van der Waals surface area contributed by atoms with Crippen molar-refractivity contribution in [1.82, 2.24) is 20.4 Å². The molecule has 2 aromatic carbocycles. The van der Waals surface area contributed by atoms with Crippen molar-refractivity contribution in [3.05, 3.63) is 71.3 Å². The third-order valence-corrected chi connectivity index (χ3v) is 8.82. The molecule has 252 valence electrons. The third kappa shape index (κ3) is 9.87.